The van der Waals surface area contributed by atoms with Gasteiger partial charge in [-0.1, -0.05) is 12.1 Å². The van der Waals surface area contributed by atoms with Gasteiger partial charge < -0.3 is 10.6 Å². The molecule has 1 saturated heterocycles. The van der Waals surface area contributed by atoms with Crippen molar-refractivity contribution in [2.75, 3.05) is 11.6 Å². The highest BCUT2D eigenvalue weighted by Gasteiger charge is 2.25. The number of nitrogens with zero attached hydrogens (tertiary/aromatic N) is 3. The zero-order valence-electron chi connectivity index (χ0n) is 16.4. The molecule has 1 saturated carbocycles. The van der Waals surface area contributed by atoms with Crippen LogP contribution < -0.4 is 16.0 Å². The van der Waals surface area contributed by atoms with Crippen molar-refractivity contribution in [3.63, 3.8) is 0 Å². The Balaban J connectivity index is 1.67. The molecule has 0 bridgehead atoms. The molecule has 3 amide bonds. The number of amides is 3. The van der Waals surface area contributed by atoms with Crippen LogP contribution in [-0.4, -0.2) is 47.3 Å². The lowest BCUT2D eigenvalue weighted by Crippen LogP contribution is -2.22. The van der Waals surface area contributed by atoms with Gasteiger partial charge in [0.2, 0.25) is 0 Å². The number of aromatic nitrogens is 3. The van der Waals surface area contributed by atoms with E-state index in [0.717, 1.165) is 19.1 Å². The lowest BCUT2D eigenvalue weighted by atomic mass is 10.1. The highest BCUT2D eigenvalue weighted by atomic mass is 32.2. The fraction of sp³-hybridized carbons (Fsp3) is 0.200. The second-order valence-electron chi connectivity index (χ2n) is 7.55. The monoisotopic (exact) mass is 438 g/mol. The molecule has 11 heteroatoms. The Morgan fingerprint density at radius 2 is 2.00 bits per heavy atom. The van der Waals surface area contributed by atoms with Crippen LogP contribution in [0.3, 0.4) is 0 Å². The van der Waals surface area contributed by atoms with Crippen LogP contribution in [0, 0.1) is 0 Å². The number of rotatable bonds is 5. The molecule has 3 aromatic rings. The predicted molar refractivity (Wildman–Crippen MR) is 113 cm³/mol. The van der Waals surface area contributed by atoms with E-state index in [0.29, 0.717) is 34.3 Å². The summed E-state index contributed by atoms with van der Waals surface area (Å²) < 4.78 is 25.6. The fourth-order valence-electron chi connectivity index (χ4n) is 3.29. The Kier molecular flexibility index (Phi) is 4.29. The molecule has 0 spiro atoms. The minimum atomic E-state index is -3.37. The number of benzene rings is 1. The summed E-state index contributed by atoms with van der Waals surface area (Å²) >= 11 is 0. The molecule has 3 N–H and O–H groups in total. The molecule has 0 unspecified atom stereocenters. The molecule has 1 aliphatic carbocycles. The molecular formula is C20H18N6O4S. The number of sulfone groups is 1. The third-order valence-corrected chi connectivity index (χ3v) is 6.12. The van der Waals surface area contributed by atoms with E-state index in [1.54, 1.807) is 28.9 Å². The highest BCUT2D eigenvalue weighted by Crippen LogP contribution is 2.30. The molecule has 31 heavy (non-hydrogen) atoms. The number of anilines is 1. The first-order valence-corrected chi connectivity index (χ1v) is 11.5. The first-order chi connectivity index (χ1) is 14.8. The van der Waals surface area contributed by atoms with Gasteiger partial charge in [-0.05, 0) is 31.1 Å². The Bertz CT molecular complexity index is 1390. The third-order valence-electron chi connectivity index (χ3n) is 5.01. The number of urea groups is 1. The van der Waals surface area contributed by atoms with Crippen LogP contribution in [0.1, 0.15) is 18.4 Å². The first kappa shape index (κ1) is 19.2. The maximum absolute atomic E-state index is 12.0. The summed E-state index contributed by atoms with van der Waals surface area (Å²) in [6, 6.07) is 8.14. The van der Waals surface area contributed by atoms with Crippen molar-refractivity contribution in [1.29, 1.82) is 0 Å². The number of nitrogens with one attached hydrogen (secondary N) is 3. The smallest absolute Gasteiger partial charge is 0.326 e. The molecule has 3 heterocycles. The molecule has 0 radical (unpaired) electrons. The van der Waals surface area contributed by atoms with Crippen molar-refractivity contribution in [1.82, 2.24) is 25.2 Å². The van der Waals surface area contributed by atoms with Crippen LogP contribution in [0.25, 0.3) is 23.0 Å². The summed E-state index contributed by atoms with van der Waals surface area (Å²) in [6.07, 6.45) is 6.32. The van der Waals surface area contributed by atoms with Crippen molar-refractivity contribution < 1.29 is 18.0 Å². The van der Waals surface area contributed by atoms with E-state index >= 15 is 0 Å². The standard InChI is InChI=1S/C20H18N6O4S/c1-31(29,30)14-4-2-3-11(7-14)15-9-17(22-13-5-6-13)26-18(23-15)12(10-21-26)8-16-19(27)25-20(28)24-16/h2-4,7-10,13,22H,5-6H2,1H3,(H2,24,25,27,28)/b16-8-. The van der Waals surface area contributed by atoms with Crippen molar-refractivity contribution in [2.24, 2.45) is 0 Å². The number of carbonyl (C=O) groups excluding carboxylic acids is 2. The Morgan fingerprint density at radius 1 is 1.19 bits per heavy atom. The largest absolute Gasteiger partial charge is 0.367 e. The summed E-state index contributed by atoms with van der Waals surface area (Å²) in [5, 5.41) is 12.4. The van der Waals surface area contributed by atoms with Gasteiger partial charge in [0, 0.05) is 29.5 Å². The summed E-state index contributed by atoms with van der Waals surface area (Å²) in [5.41, 5.74) is 2.29. The third kappa shape index (κ3) is 3.75. The van der Waals surface area contributed by atoms with Crippen LogP contribution in [-0.2, 0) is 14.6 Å². The molecule has 10 nitrogen and oxygen atoms in total. The molecule has 5 rings (SSSR count). The Hall–Kier alpha value is -3.73. The van der Waals surface area contributed by atoms with Gasteiger partial charge in [0.15, 0.2) is 15.5 Å². The summed E-state index contributed by atoms with van der Waals surface area (Å²) in [6.45, 7) is 0. The highest BCUT2D eigenvalue weighted by molar-refractivity contribution is 7.90. The first-order valence-electron chi connectivity index (χ1n) is 9.58. The van der Waals surface area contributed by atoms with Crippen LogP contribution in [0.5, 0.6) is 0 Å². The SMILES string of the molecule is CS(=O)(=O)c1cccc(-c2cc(NC3CC3)n3ncc(/C=C4\NC(=O)NC4=O)c3n2)c1. The van der Waals surface area contributed by atoms with Crippen LogP contribution in [0.4, 0.5) is 10.6 Å². The van der Waals surface area contributed by atoms with Crippen LogP contribution in [0.2, 0.25) is 0 Å². The second-order valence-corrected chi connectivity index (χ2v) is 9.56. The number of fused-ring (bicyclic) bond motifs is 1. The van der Waals surface area contributed by atoms with Gasteiger partial charge in [-0.25, -0.2) is 18.2 Å². The van der Waals surface area contributed by atoms with Gasteiger partial charge in [0.05, 0.1) is 16.8 Å². The maximum Gasteiger partial charge on any atom is 0.326 e. The molecule has 0 atom stereocenters. The van der Waals surface area contributed by atoms with Gasteiger partial charge in [0.1, 0.15) is 11.5 Å². The maximum atomic E-state index is 12.0. The van der Waals surface area contributed by atoms with E-state index in [1.807, 2.05) is 6.07 Å². The summed E-state index contributed by atoms with van der Waals surface area (Å²) in [5.74, 6) is 0.175. The minimum Gasteiger partial charge on any atom is -0.367 e. The fourth-order valence-corrected chi connectivity index (χ4v) is 3.96. The van der Waals surface area contributed by atoms with E-state index in [-0.39, 0.29) is 10.6 Å². The lowest BCUT2D eigenvalue weighted by Gasteiger charge is -2.11. The molecule has 158 valence electrons. The normalized spacial score (nSPS) is 17.8. The molecule has 2 fully saturated rings. The number of carbonyl (C=O) groups is 2. The lowest BCUT2D eigenvalue weighted by molar-refractivity contribution is -0.115. The number of imide groups is 1. The van der Waals surface area contributed by atoms with Gasteiger partial charge in [-0.2, -0.15) is 9.61 Å². The van der Waals surface area contributed by atoms with Gasteiger partial charge >= 0.3 is 6.03 Å². The summed E-state index contributed by atoms with van der Waals surface area (Å²) in [7, 11) is -3.37. The topological polar surface area (TPSA) is 135 Å². The van der Waals surface area contributed by atoms with Crippen molar-refractivity contribution in [3.05, 3.63) is 47.8 Å². The number of hydrogen-bond acceptors (Lipinski definition) is 7. The van der Waals surface area contributed by atoms with Gasteiger partial charge in [-0.15, -0.1) is 0 Å². The van der Waals surface area contributed by atoms with Crippen molar-refractivity contribution in [3.8, 4) is 11.3 Å². The van der Waals surface area contributed by atoms with Crippen LogP contribution >= 0.6 is 0 Å². The Morgan fingerprint density at radius 3 is 2.68 bits per heavy atom. The van der Waals surface area contributed by atoms with Crippen molar-refractivity contribution >= 4 is 39.3 Å². The predicted octanol–water partition coefficient (Wildman–Crippen LogP) is 1.55. The van der Waals surface area contributed by atoms with Gasteiger partial charge in [-0.3, -0.25) is 10.1 Å². The Labute approximate surface area is 177 Å². The molecule has 1 aromatic carbocycles. The van der Waals surface area contributed by atoms with E-state index in [4.69, 9.17) is 0 Å². The van der Waals surface area contributed by atoms with Crippen molar-refractivity contribution in [2.45, 2.75) is 23.8 Å². The quantitative estimate of drug-likeness (QED) is 0.406. The van der Waals surface area contributed by atoms with E-state index < -0.39 is 21.8 Å². The van der Waals surface area contributed by atoms with E-state index in [9.17, 15) is 18.0 Å². The molecular weight excluding hydrogens is 420 g/mol. The zero-order chi connectivity index (χ0) is 21.8. The molecule has 2 aromatic heterocycles. The molecule has 1 aliphatic heterocycles. The summed E-state index contributed by atoms with van der Waals surface area (Å²) in [4.78, 5) is 28.2. The molecule has 2 aliphatic rings. The average Bonchev–Trinajstić information content (AvgIpc) is 3.35. The average molecular weight is 438 g/mol. The van der Waals surface area contributed by atoms with E-state index in [1.165, 1.54) is 12.1 Å². The second kappa shape index (κ2) is 6.91. The number of hydrogen-bond donors (Lipinski definition) is 3. The minimum absolute atomic E-state index is 0.0999. The van der Waals surface area contributed by atoms with Gasteiger partial charge in [0.25, 0.3) is 5.91 Å². The van der Waals surface area contributed by atoms with E-state index in [2.05, 4.69) is 26.0 Å². The van der Waals surface area contributed by atoms with Crippen LogP contribution in [0.15, 0.2) is 47.1 Å². The zero-order valence-corrected chi connectivity index (χ0v) is 17.2.